The highest BCUT2D eigenvalue weighted by Gasteiger charge is 2.14. The van der Waals surface area contributed by atoms with E-state index in [0.29, 0.717) is 6.54 Å². The highest BCUT2D eigenvalue weighted by atomic mass is 32.1. The van der Waals surface area contributed by atoms with E-state index in [1.165, 1.54) is 0 Å². The lowest BCUT2D eigenvalue weighted by atomic mass is 10.2. The average Bonchev–Trinajstić information content (AvgIpc) is 2.83. The molecule has 0 spiro atoms. The number of aryl methyl sites for hydroxylation is 2. The molecule has 0 radical (unpaired) electrons. The Morgan fingerprint density at radius 3 is 2.67 bits per heavy atom. The smallest absolute Gasteiger partial charge is 0.282 e. The van der Waals surface area contributed by atoms with E-state index in [9.17, 15) is 4.79 Å². The molecule has 0 saturated heterocycles. The van der Waals surface area contributed by atoms with Crippen LogP contribution in [0.25, 0.3) is 0 Å². The minimum Gasteiger partial charge on any atom is -0.374 e. The molecule has 8 heteroatoms. The summed E-state index contributed by atoms with van der Waals surface area (Å²) in [7, 11) is 1.87. The molecule has 0 aromatic carbocycles. The molecule has 18 heavy (non-hydrogen) atoms. The fourth-order valence-corrected chi connectivity index (χ4v) is 2.17. The van der Waals surface area contributed by atoms with Crippen molar-refractivity contribution in [1.29, 1.82) is 0 Å². The van der Waals surface area contributed by atoms with Gasteiger partial charge in [0.2, 0.25) is 10.1 Å². The molecule has 0 aliphatic rings. The zero-order valence-electron chi connectivity index (χ0n) is 10.4. The zero-order valence-corrected chi connectivity index (χ0v) is 11.2. The molecule has 0 bridgehead atoms. The Morgan fingerprint density at radius 2 is 2.17 bits per heavy atom. The normalized spacial score (nSPS) is 10.6. The fourth-order valence-electron chi connectivity index (χ4n) is 1.64. The molecule has 0 fully saturated rings. The molecule has 3 N–H and O–H groups in total. The summed E-state index contributed by atoms with van der Waals surface area (Å²) >= 11 is 1.07. The van der Waals surface area contributed by atoms with Crippen molar-refractivity contribution in [3.63, 3.8) is 0 Å². The molecule has 2 rings (SSSR count). The van der Waals surface area contributed by atoms with Crippen molar-refractivity contribution in [2.45, 2.75) is 20.4 Å². The molecule has 1 amide bonds. The van der Waals surface area contributed by atoms with Gasteiger partial charge >= 0.3 is 0 Å². The Balaban J connectivity index is 2.06. The number of nitrogens with two attached hydrogens (primary N) is 1. The summed E-state index contributed by atoms with van der Waals surface area (Å²) in [5, 5.41) is 14.9. The number of aromatic nitrogens is 4. The van der Waals surface area contributed by atoms with Gasteiger partial charge in [0.25, 0.3) is 5.91 Å². The van der Waals surface area contributed by atoms with Gasteiger partial charge in [-0.1, -0.05) is 11.3 Å². The Bertz CT molecular complexity index is 587. The third kappa shape index (κ3) is 2.33. The van der Waals surface area contributed by atoms with E-state index >= 15 is 0 Å². The molecular weight excluding hydrogens is 252 g/mol. The molecule has 0 aliphatic heterocycles. The van der Waals surface area contributed by atoms with E-state index < -0.39 is 0 Å². The average molecular weight is 266 g/mol. The van der Waals surface area contributed by atoms with Gasteiger partial charge in [0.15, 0.2) is 0 Å². The van der Waals surface area contributed by atoms with Crippen molar-refractivity contribution in [3.05, 3.63) is 22.0 Å². The Hall–Kier alpha value is -1.96. The molecule has 0 saturated carbocycles. The van der Waals surface area contributed by atoms with Crippen molar-refractivity contribution in [1.82, 2.24) is 25.3 Å². The first-order chi connectivity index (χ1) is 8.49. The highest BCUT2D eigenvalue weighted by Crippen LogP contribution is 2.13. The second-order valence-corrected chi connectivity index (χ2v) is 4.91. The van der Waals surface area contributed by atoms with Gasteiger partial charge in [-0.15, -0.1) is 10.2 Å². The molecular formula is C10H14N6OS. The standard InChI is InChI=1S/C10H14N6OS/c1-5-7(6(2)16(3)15-5)4-12-8(17)9-13-14-10(11)18-9/h4H2,1-3H3,(H2,11,14)(H,12,17). The number of anilines is 1. The van der Waals surface area contributed by atoms with Crippen LogP contribution < -0.4 is 11.1 Å². The fraction of sp³-hybridized carbons (Fsp3) is 0.400. The summed E-state index contributed by atoms with van der Waals surface area (Å²) in [5.74, 6) is -0.271. The number of carbonyl (C=O) groups excluding carboxylic acids is 1. The Labute approximate surface area is 108 Å². The van der Waals surface area contributed by atoms with Crippen molar-refractivity contribution < 1.29 is 4.79 Å². The van der Waals surface area contributed by atoms with Crippen LogP contribution in [0.2, 0.25) is 0 Å². The van der Waals surface area contributed by atoms with Gasteiger partial charge in [-0.2, -0.15) is 5.10 Å². The van der Waals surface area contributed by atoms with Gasteiger partial charge in [-0.25, -0.2) is 0 Å². The monoisotopic (exact) mass is 266 g/mol. The molecule has 0 aliphatic carbocycles. The van der Waals surface area contributed by atoms with Gasteiger partial charge in [-0.05, 0) is 13.8 Å². The van der Waals surface area contributed by atoms with Gasteiger partial charge in [0.05, 0.1) is 5.69 Å². The molecule has 2 aromatic heterocycles. The third-order valence-electron chi connectivity index (χ3n) is 2.72. The van der Waals surface area contributed by atoms with E-state index in [2.05, 4.69) is 20.6 Å². The summed E-state index contributed by atoms with van der Waals surface area (Å²) in [6.45, 7) is 4.30. The SMILES string of the molecule is Cc1nn(C)c(C)c1CNC(=O)c1nnc(N)s1. The van der Waals surface area contributed by atoms with Gasteiger partial charge in [0.1, 0.15) is 0 Å². The largest absolute Gasteiger partial charge is 0.374 e. The van der Waals surface area contributed by atoms with Crippen LogP contribution in [-0.4, -0.2) is 25.9 Å². The first-order valence-corrected chi connectivity index (χ1v) is 6.17. The number of rotatable bonds is 3. The summed E-state index contributed by atoms with van der Waals surface area (Å²) in [4.78, 5) is 11.8. The quantitative estimate of drug-likeness (QED) is 0.838. The minimum atomic E-state index is -0.271. The summed E-state index contributed by atoms with van der Waals surface area (Å²) < 4.78 is 1.79. The number of amides is 1. The van der Waals surface area contributed by atoms with Gasteiger partial charge in [-0.3, -0.25) is 9.48 Å². The molecule has 96 valence electrons. The minimum absolute atomic E-state index is 0.270. The predicted molar refractivity (Wildman–Crippen MR) is 68.2 cm³/mol. The van der Waals surface area contributed by atoms with E-state index in [1.54, 1.807) is 4.68 Å². The third-order valence-corrected chi connectivity index (χ3v) is 3.47. The molecule has 0 atom stereocenters. The Morgan fingerprint density at radius 1 is 1.44 bits per heavy atom. The number of hydrogen-bond donors (Lipinski definition) is 2. The van der Waals surface area contributed by atoms with E-state index in [1.807, 2.05) is 20.9 Å². The summed E-state index contributed by atoms with van der Waals surface area (Å²) in [6, 6.07) is 0. The first kappa shape index (κ1) is 12.5. The number of nitrogens with one attached hydrogen (secondary N) is 1. The lowest BCUT2D eigenvalue weighted by Gasteiger charge is -2.03. The van der Waals surface area contributed by atoms with Crippen molar-refractivity contribution in [2.75, 3.05) is 5.73 Å². The van der Waals surface area contributed by atoms with Crippen molar-refractivity contribution in [3.8, 4) is 0 Å². The predicted octanol–water partition coefficient (Wildman–Crippen LogP) is 0.401. The van der Waals surface area contributed by atoms with E-state index in [-0.39, 0.29) is 16.0 Å². The van der Waals surface area contributed by atoms with Crippen molar-refractivity contribution in [2.24, 2.45) is 7.05 Å². The van der Waals surface area contributed by atoms with Crippen LogP contribution in [0.4, 0.5) is 5.13 Å². The highest BCUT2D eigenvalue weighted by molar-refractivity contribution is 7.16. The van der Waals surface area contributed by atoms with Crippen LogP contribution in [0.3, 0.4) is 0 Å². The lowest BCUT2D eigenvalue weighted by Crippen LogP contribution is -2.23. The van der Waals surface area contributed by atoms with Crippen molar-refractivity contribution >= 4 is 22.4 Å². The Kier molecular flexibility index (Phi) is 3.28. The van der Waals surface area contributed by atoms with E-state index in [4.69, 9.17) is 5.73 Å². The second kappa shape index (κ2) is 4.73. The van der Waals surface area contributed by atoms with Crippen LogP contribution >= 0.6 is 11.3 Å². The number of nitrogen functional groups attached to an aromatic ring is 1. The maximum absolute atomic E-state index is 11.8. The van der Waals surface area contributed by atoms with Gasteiger partial charge < -0.3 is 11.1 Å². The molecule has 7 nitrogen and oxygen atoms in total. The maximum Gasteiger partial charge on any atom is 0.282 e. The molecule has 2 heterocycles. The van der Waals surface area contributed by atoms with Crippen LogP contribution in [0.5, 0.6) is 0 Å². The summed E-state index contributed by atoms with van der Waals surface area (Å²) in [5.41, 5.74) is 8.39. The maximum atomic E-state index is 11.8. The number of nitrogens with zero attached hydrogens (tertiary/aromatic N) is 4. The number of hydrogen-bond acceptors (Lipinski definition) is 6. The summed E-state index contributed by atoms with van der Waals surface area (Å²) in [6.07, 6.45) is 0. The van der Waals surface area contributed by atoms with Crippen LogP contribution in [-0.2, 0) is 13.6 Å². The van der Waals surface area contributed by atoms with Crippen LogP contribution in [0, 0.1) is 13.8 Å². The number of carbonyl (C=O) groups is 1. The zero-order chi connectivity index (χ0) is 13.3. The lowest BCUT2D eigenvalue weighted by molar-refractivity contribution is 0.0949. The van der Waals surface area contributed by atoms with Crippen LogP contribution in [0.15, 0.2) is 0 Å². The van der Waals surface area contributed by atoms with Gasteiger partial charge in [0, 0.05) is 24.8 Å². The second-order valence-electron chi connectivity index (χ2n) is 3.90. The molecule has 0 unspecified atom stereocenters. The van der Waals surface area contributed by atoms with E-state index in [0.717, 1.165) is 28.3 Å². The topological polar surface area (TPSA) is 98.7 Å². The molecule has 2 aromatic rings. The van der Waals surface area contributed by atoms with Crippen LogP contribution in [0.1, 0.15) is 26.8 Å². The first-order valence-electron chi connectivity index (χ1n) is 5.35.